The molecule has 3 rings (SSSR count). The van der Waals surface area contributed by atoms with E-state index in [9.17, 15) is 19.5 Å². The predicted molar refractivity (Wildman–Crippen MR) is 93.0 cm³/mol. The summed E-state index contributed by atoms with van der Waals surface area (Å²) in [5.74, 6) is -1.55. The van der Waals surface area contributed by atoms with Gasteiger partial charge in [0.05, 0.1) is 16.6 Å². The minimum Gasteiger partial charge on any atom is -0.481 e. The van der Waals surface area contributed by atoms with Crippen molar-refractivity contribution >= 4 is 35.2 Å². The van der Waals surface area contributed by atoms with Crippen molar-refractivity contribution in [3.8, 4) is 0 Å². The van der Waals surface area contributed by atoms with Crippen molar-refractivity contribution < 1.29 is 19.5 Å². The molecule has 134 valence electrons. The highest BCUT2D eigenvalue weighted by Crippen LogP contribution is 2.30. The molecular weight excluding hydrogens is 346 g/mol. The number of rotatable bonds is 3. The minimum absolute atomic E-state index is 0.120. The predicted octanol–water partition coefficient (Wildman–Crippen LogP) is 2.05. The van der Waals surface area contributed by atoms with E-state index in [-0.39, 0.29) is 24.4 Å². The third kappa shape index (κ3) is 3.56. The monoisotopic (exact) mass is 365 g/mol. The second-order valence-corrected chi connectivity index (χ2v) is 7.04. The highest BCUT2D eigenvalue weighted by Gasteiger charge is 2.33. The van der Waals surface area contributed by atoms with Crippen LogP contribution in [0.2, 0.25) is 5.02 Å². The molecule has 2 aliphatic heterocycles. The van der Waals surface area contributed by atoms with E-state index in [1.807, 2.05) is 6.92 Å². The van der Waals surface area contributed by atoms with Crippen molar-refractivity contribution in [1.82, 2.24) is 10.2 Å². The summed E-state index contributed by atoms with van der Waals surface area (Å²) in [5, 5.41) is 12.4. The molecule has 2 N–H and O–H groups in total. The Morgan fingerprint density at radius 2 is 2.08 bits per heavy atom. The van der Waals surface area contributed by atoms with Crippen LogP contribution in [-0.4, -0.2) is 54.1 Å². The van der Waals surface area contributed by atoms with E-state index in [1.54, 1.807) is 23.1 Å². The Hall–Kier alpha value is -2.28. The van der Waals surface area contributed by atoms with E-state index in [0.717, 1.165) is 0 Å². The number of carbonyl (C=O) groups excluding carboxylic acids is 2. The molecule has 2 heterocycles. The van der Waals surface area contributed by atoms with Gasteiger partial charge in [-0.05, 0) is 30.5 Å². The molecule has 8 heteroatoms. The van der Waals surface area contributed by atoms with E-state index >= 15 is 0 Å². The number of aliphatic carboxylic acids is 1. The van der Waals surface area contributed by atoms with Crippen LogP contribution in [0.1, 0.15) is 23.7 Å². The zero-order valence-corrected chi connectivity index (χ0v) is 14.6. The quantitative estimate of drug-likeness (QED) is 0.857. The van der Waals surface area contributed by atoms with Gasteiger partial charge in [0, 0.05) is 31.7 Å². The van der Waals surface area contributed by atoms with Gasteiger partial charge < -0.3 is 15.3 Å². The number of hydrogen-bond acceptors (Lipinski definition) is 3. The van der Waals surface area contributed by atoms with Crippen LogP contribution in [0.15, 0.2) is 18.2 Å². The number of hydrogen-bond donors (Lipinski definition) is 2. The van der Waals surface area contributed by atoms with Crippen LogP contribution in [0.4, 0.5) is 10.5 Å². The molecule has 7 nitrogen and oxygen atoms in total. The van der Waals surface area contributed by atoms with Gasteiger partial charge in [-0.1, -0.05) is 18.5 Å². The molecule has 2 unspecified atom stereocenters. The standard InChI is InChI=1S/C17H20ClN3O4/c1-10-6-12(16(23)24)9-20(8-10)15(22)11-2-3-13(18)14(7-11)21-5-4-19-17(21)25/h2-3,7,10,12H,4-6,8-9H2,1H3,(H,19,25)(H,23,24). The number of urea groups is 1. The maximum atomic E-state index is 12.8. The third-order valence-electron chi connectivity index (χ3n) is 4.64. The Balaban J connectivity index is 1.84. The molecule has 0 bridgehead atoms. The van der Waals surface area contributed by atoms with Crippen molar-refractivity contribution in [2.75, 3.05) is 31.1 Å². The minimum atomic E-state index is -0.880. The van der Waals surface area contributed by atoms with Gasteiger partial charge >= 0.3 is 12.0 Å². The number of carboxylic acid groups (broad SMARTS) is 1. The van der Waals surface area contributed by atoms with E-state index in [1.165, 1.54) is 4.90 Å². The second kappa shape index (κ2) is 6.92. The van der Waals surface area contributed by atoms with Crippen LogP contribution in [-0.2, 0) is 4.79 Å². The van der Waals surface area contributed by atoms with Gasteiger partial charge in [0.25, 0.3) is 5.91 Å². The van der Waals surface area contributed by atoms with Crippen molar-refractivity contribution in [2.24, 2.45) is 11.8 Å². The number of nitrogens with one attached hydrogen (secondary N) is 1. The largest absolute Gasteiger partial charge is 0.481 e. The zero-order valence-electron chi connectivity index (χ0n) is 13.9. The molecule has 1 aromatic carbocycles. The lowest BCUT2D eigenvalue weighted by Crippen LogP contribution is -2.45. The number of halogens is 1. The van der Waals surface area contributed by atoms with E-state index in [2.05, 4.69) is 5.32 Å². The number of carbonyl (C=O) groups is 3. The molecule has 0 spiro atoms. The Bertz CT molecular complexity index is 724. The first-order chi connectivity index (χ1) is 11.9. The highest BCUT2D eigenvalue weighted by atomic mass is 35.5. The lowest BCUT2D eigenvalue weighted by Gasteiger charge is -2.34. The van der Waals surface area contributed by atoms with Crippen LogP contribution in [0, 0.1) is 11.8 Å². The number of carboxylic acids is 1. The number of piperidine rings is 1. The van der Waals surface area contributed by atoms with Crippen LogP contribution >= 0.6 is 11.6 Å². The van der Waals surface area contributed by atoms with E-state index in [0.29, 0.717) is 42.3 Å². The highest BCUT2D eigenvalue weighted by molar-refractivity contribution is 6.34. The molecule has 0 saturated carbocycles. The van der Waals surface area contributed by atoms with Gasteiger partial charge in [-0.3, -0.25) is 14.5 Å². The van der Waals surface area contributed by atoms with Crippen LogP contribution in [0.3, 0.4) is 0 Å². The maximum absolute atomic E-state index is 12.8. The third-order valence-corrected chi connectivity index (χ3v) is 4.96. The summed E-state index contributed by atoms with van der Waals surface area (Å²) in [6.45, 7) is 3.66. The SMILES string of the molecule is CC1CC(C(=O)O)CN(C(=O)c2ccc(Cl)c(N3CCNC3=O)c2)C1. The summed E-state index contributed by atoms with van der Waals surface area (Å²) in [6, 6.07) is 4.56. The van der Waals surface area contributed by atoms with Gasteiger partial charge in [0.1, 0.15) is 0 Å². The van der Waals surface area contributed by atoms with Gasteiger partial charge in [-0.15, -0.1) is 0 Å². The topological polar surface area (TPSA) is 89.9 Å². The molecule has 25 heavy (non-hydrogen) atoms. The summed E-state index contributed by atoms with van der Waals surface area (Å²) >= 11 is 6.20. The number of anilines is 1. The van der Waals surface area contributed by atoms with Gasteiger partial charge in [0.2, 0.25) is 0 Å². The Kier molecular flexibility index (Phi) is 4.85. The Labute approximate surface area is 150 Å². The van der Waals surface area contributed by atoms with Gasteiger partial charge in [-0.2, -0.15) is 0 Å². The first-order valence-electron chi connectivity index (χ1n) is 8.24. The normalized spacial score (nSPS) is 23.5. The van der Waals surface area contributed by atoms with Crippen LogP contribution < -0.4 is 10.2 Å². The molecule has 2 aliphatic rings. The summed E-state index contributed by atoms with van der Waals surface area (Å²) in [5.41, 5.74) is 0.889. The number of likely N-dealkylation sites (tertiary alicyclic amines) is 1. The van der Waals surface area contributed by atoms with Gasteiger partial charge in [0.15, 0.2) is 0 Å². The van der Waals surface area contributed by atoms with Crippen LogP contribution in [0.25, 0.3) is 0 Å². The fourth-order valence-electron chi connectivity index (χ4n) is 3.43. The van der Waals surface area contributed by atoms with Gasteiger partial charge in [-0.25, -0.2) is 4.79 Å². The fourth-order valence-corrected chi connectivity index (χ4v) is 3.65. The lowest BCUT2D eigenvalue weighted by molar-refractivity contribution is -0.143. The molecule has 2 saturated heterocycles. The summed E-state index contributed by atoms with van der Waals surface area (Å²) in [7, 11) is 0. The Morgan fingerprint density at radius 1 is 1.32 bits per heavy atom. The van der Waals surface area contributed by atoms with Crippen LogP contribution in [0.5, 0.6) is 0 Å². The Morgan fingerprint density at radius 3 is 2.72 bits per heavy atom. The first kappa shape index (κ1) is 17.5. The van der Waals surface area contributed by atoms with E-state index in [4.69, 9.17) is 11.6 Å². The summed E-state index contributed by atoms with van der Waals surface area (Å²) in [4.78, 5) is 39.1. The number of nitrogens with zero attached hydrogens (tertiary/aromatic N) is 2. The van der Waals surface area contributed by atoms with E-state index < -0.39 is 11.9 Å². The number of amides is 3. The molecule has 3 amide bonds. The lowest BCUT2D eigenvalue weighted by atomic mass is 9.90. The van der Waals surface area contributed by atoms with Crippen molar-refractivity contribution in [3.63, 3.8) is 0 Å². The molecule has 1 aromatic rings. The summed E-state index contributed by atoms with van der Waals surface area (Å²) < 4.78 is 0. The fraction of sp³-hybridized carbons (Fsp3) is 0.471. The van der Waals surface area contributed by atoms with Crippen molar-refractivity contribution in [3.05, 3.63) is 28.8 Å². The average molecular weight is 366 g/mol. The van der Waals surface area contributed by atoms with Crippen molar-refractivity contribution in [2.45, 2.75) is 13.3 Å². The maximum Gasteiger partial charge on any atom is 0.322 e. The molecule has 0 radical (unpaired) electrons. The number of benzene rings is 1. The van der Waals surface area contributed by atoms with Crippen molar-refractivity contribution in [1.29, 1.82) is 0 Å². The molecule has 0 aliphatic carbocycles. The molecule has 0 aromatic heterocycles. The molecule has 2 atom stereocenters. The summed E-state index contributed by atoms with van der Waals surface area (Å²) in [6.07, 6.45) is 0.568. The molecule has 2 fully saturated rings. The zero-order chi connectivity index (χ0) is 18.1. The molecular formula is C17H20ClN3O4. The smallest absolute Gasteiger partial charge is 0.322 e. The first-order valence-corrected chi connectivity index (χ1v) is 8.61. The second-order valence-electron chi connectivity index (χ2n) is 6.64. The average Bonchev–Trinajstić information content (AvgIpc) is 3.00.